The molecule has 0 aromatic carbocycles. The molecule has 2 aliphatic rings. The number of hydrogen-bond donors (Lipinski definition) is 5. The van der Waals surface area contributed by atoms with Crippen LogP contribution in [0.15, 0.2) is 0 Å². The van der Waals surface area contributed by atoms with Gasteiger partial charge in [-0.05, 0) is 32.1 Å². The van der Waals surface area contributed by atoms with Gasteiger partial charge in [0, 0.05) is 24.0 Å². The third-order valence-electron chi connectivity index (χ3n) is 4.71. The molecule has 0 aromatic heterocycles. The number of carbonyl (C=O) groups excluding carboxylic acids is 3. The molecule has 0 bridgehead atoms. The molecule has 8 nitrogen and oxygen atoms in total. The molecule has 2 saturated heterocycles. The first-order valence-electron chi connectivity index (χ1n) is 8.97. The van der Waals surface area contributed by atoms with Crippen LogP contribution in [0.3, 0.4) is 0 Å². The minimum atomic E-state index is -0.594. The normalized spacial score (nSPS) is 25.8. The number of nitrogens with two attached hydrogens (primary N) is 2. The maximum Gasteiger partial charge on any atom is 0.315 e. The number of unbranched alkanes of at least 4 members (excludes halogenated alkanes) is 2. The van der Waals surface area contributed by atoms with Crippen molar-refractivity contribution in [3.63, 3.8) is 0 Å². The van der Waals surface area contributed by atoms with Crippen LogP contribution in [0.25, 0.3) is 0 Å². The van der Waals surface area contributed by atoms with Crippen LogP contribution in [-0.4, -0.2) is 53.5 Å². The lowest BCUT2D eigenvalue weighted by Crippen LogP contribution is -2.36. The number of fused-ring (bicyclic) bond motifs is 1. The van der Waals surface area contributed by atoms with Crippen LogP contribution in [-0.2, 0) is 9.59 Å². The zero-order chi connectivity index (χ0) is 18.2. The highest BCUT2D eigenvalue weighted by Gasteiger charge is 2.42. The molecule has 4 amide bonds. The van der Waals surface area contributed by atoms with Crippen molar-refractivity contribution in [1.29, 1.82) is 0 Å². The van der Waals surface area contributed by atoms with E-state index in [1.807, 2.05) is 11.8 Å². The first-order chi connectivity index (χ1) is 12.0. The van der Waals surface area contributed by atoms with Crippen molar-refractivity contribution in [2.24, 2.45) is 11.5 Å². The van der Waals surface area contributed by atoms with Gasteiger partial charge in [-0.3, -0.25) is 9.59 Å². The van der Waals surface area contributed by atoms with Crippen molar-refractivity contribution in [1.82, 2.24) is 16.0 Å². The molecule has 4 atom stereocenters. The van der Waals surface area contributed by atoms with E-state index in [0.717, 1.165) is 37.9 Å². The monoisotopic (exact) mass is 371 g/mol. The average Bonchev–Trinajstić information content (AvgIpc) is 3.10. The number of primary amides is 1. The van der Waals surface area contributed by atoms with Crippen molar-refractivity contribution in [3.05, 3.63) is 0 Å². The summed E-state index contributed by atoms with van der Waals surface area (Å²) in [6.07, 6.45) is 5.50. The molecule has 0 saturated carbocycles. The summed E-state index contributed by atoms with van der Waals surface area (Å²) >= 11 is 1.90. The number of carbonyl (C=O) groups is 3. The predicted octanol–water partition coefficient (Wildman–Crippen LogP) is -0.189. The molecule has 0 aliphatic carbocycles. The predicted molar refractivity (Wildman–Crippen MR) is 98.0 cm³/mol. The van der Waals surface area contributed by atoms with Crippen molar-refractivity contribution in [3.8, 4) is 0 Å². The van der Waals surface area contributed by atoms with Crippen LogP contribution in [0.2, 0.25) is 0 Å². The highest BCUT2D eigenvalue weighted by Crippen LogP contribution is 2.33. The fourth-order valence-electron chi connectivity index (χ4n) is 3.22. The second-order valence-corrected chi connectivity index (χ2v) is 7.99. The first kappa shape index (κ1) is 19.8. The lowest BCUT2D eigenvalue weighted by atomic mass is 10.0. The minimum absolute atomic E-state index is 0.0588. The number of thioether (sulfide) groups is 1. The summed E-state index contributed by atoms with van der Waals surface area (Å²) < 4.78 is 0. The highest BCUT2D eigenvalue weighted by atomic mass is 32.2. The molecular weight excluding hydrogens is 342 g/mol. The number of nitrogens with one attached hydrogen (secondary N) is 3. The minimum Gasteiger partial charge on any atom is -0.368 e. The topological polar surface area (TPSA) is 139 Å². The van der Waals surface area contributed by atoms with Gasteiger partial charge in [-0.25, -0.2) is 4.79 Å². The van der Waals surface area contributed by atoms with Crippen LogP contribution in [0, 0.1) is 0 Å². The van der Waals surface area contributed by atoms with E-state index in [1.165, 1.54) is 0 Å². The number of hydrogen-bond acceptors (Lipinski definition) is 5. The fraction of sp³-hybridized carbons (Fsp3) is 0.812. The molecule has 0 spiro atoms. The zero-order valence-electron chi connectivity index (χ0n) is 14.5. The van der Waals surface area contributed by atoms with E-state index in [9.17, 15) is 14.4 Å². The molecule has 2 aliphatic heterocycles. The molecular formula is C16H29N5O3S. The van der Waals surface area contributed by atoms with E-state index in [2.05, 4.69) is 16.0 Å². The van der Waals surface area contributed by atoms with Crippen LogP contribution in [0.1, 0.15) is 44.9 Å². The molecule has 2 heterocycles. The number of rotatable bonds is 11. The Bertz CT molecular complexity index is 490. The summed E-state index contributed by atoms with van der Waals surface area (Å²) in [7, 11) is 0. The quantitative estimate of drug-likeness (QED) is 0.253. The van der Waals surface area contributed by atoms with Gasteiger partial charge in [0.05, 0.1) is 18.1 Å². The SMILES string of the molecule is NC(=O)C(N)CCCCNC(=O)CCCC[C@@H]1SC[C@@H]2NC(=O)N[C@@H]21. The third-order valence-corrected chi connectivity index (χ3v) is 6.22. The lowest BCUT2D eigenvalue weighted by Gasteiger charge is -2.16. The maximum atomic E-state index is 11.8. The van der Waals surface area contributed by atoms with Gasteiger partial charge >= 0.3 is 6.03 Å². The van der Waals surface area contributed by atoms with Crippen molar-refractivity contribution in [2.45, 2.75) is 68.3 Å². The van der Waals surface area contributed by atoms with Gasteiger partial charge in [0.2, 0.25) is 11.8 Å². The highest BCUT2D eigenvalue weighted by molar-refractivity contribution is 8.00. The zero-order valence-corrected chi connectivity index (χ0v) is 15.3. The van der Waals surface area contributed by atoms with E-state index < -0.39 is 11.9 Å². The van der Waals surface area contributed by atoms with Crippen LogP contribution in [0.4, 0.5) is 4.79 Å². The average molecular weight is 372 g/mol. The molecule has 2 fully saturated rings. The second-order valence-electron chi connectivity index (χ2n) is 6.72. The smallest absolute Gasteiger partial charge is 0.315 e. The standard InChI is InChI=1S/C16H29N5O3S/c17-10(15(18)23)5-3-4-8-19-13(22)7-2-1-6-12-14-11(9-25-12)20-16(24)21-14/h10-12,14H,1-9,17H2,(H2,18,23)(H,19,22)(H2,20,21,24)/t10?,11-,12-,14-/m0/s1. The number of amides is 4. The van der Waals surface area contributed by atoms with Gasteiger partial charge in [-0.15, -0.1) is 0 Å². The lowest BCUT2D eigenvalue weighted by molar-refractivity contribution is -0.121. The summed E-state index contributed by atoms with van der Waals surface area (Å²) in [5, 5.41) is 9.25. The summed E-state index contributed by atoms with van der Waals surface area (Å²) in [4.78, 5) is 33.9. The van der Waals surface area contributed by atoms with E-state index >= 15 is 0 Å². The Labute approximate surface area is 152 Å². The number of urea groups is 1. The summed E-state index contributed by atoms with van der Waals surface area (Å²) in [6.45, 7) is 0.601. The summed E-state index contributed by atoms with van der Waals surface area (Å²) in [5.74, 6) is 0.546. The Morgan fingerprint density at radius 1 is 1.24 bits per heavy atom. The van der Waals surface area contributed by atoms with Crippen molar-refractivity contribution in [2.75, 3.05) is 12.3 Å². The van der Waals surface area contributed by atoms with E-state index in [-0.39, 0.29) is 24.0 Å². The summed E-state index contributed by atoms with van der Waals surface area (Å²) in [6, 6.07) is -0.161. The van der Waals surface area contributed by atoms with Crippen LogP contribution >= 0.6 is 11.8 Å². The third kappa shape index (κ3) is 6.39. The molecule has 0 radical (unpaired) electrons. The van der Waals surface area contributed by atoms with Gasteiger partial charge in [0.25, 0.3) is 0 Å². The van der Waals surface area contributed by atoms with E-state index in [4.69, 9.17) is 11.5 Å². The molecule has 7 N–H and O–H groups in total. The van der Waals surface area contributed by atoms with E-state index in [0.29, 0.717) is 24.6 Å². The molecule has 0 aromatic rings. The van der Waals surface area contributed by atoms with Crippen molar-refractivity contribution < 1.29 is 14.4 Å². The molecule has 25 heavy (non-hydrogen) atoms. The molecule has 1 unspecified atom stereocenters. The maximum absolute atomic E-state index is 11.8. The Balaban J connectivity index is 1.46. The van der Waals surface area contributed by atoms with E-state index in [1.54, 1.807) is 0 Å². The van der Waals surface area contributed by atoms with Crippen LogP contribution in [0.5, 0.6) is 0 Å². The summed E-state index contributed by atoms with van der Waals surface area (Å²) in [5.41, 5.74) is 10.6. The van der Waals surface area contributed by atoms with Gasteiger partial charge in [-0.1, -0.05) is 6.42 Å². The molecule has 9 heteroatoms. The van der Waals surface area contributed by atoms with Crippen molar-refractivity contribution >= 4 is 29.6 Å². The Hall–Kier alpha value is -1.48. The Morgan fingerprint density at radius 3 is 2.80 bits per heavy atom. The van der Waals surface area contributed by atoms with Gasteiger partial charge < -0.3 is 27.4 Å². The van der Waals surface area contributed by atoms with Crippen LogP contribution < -0.4 is 27.4 Å². The second kappa shape index (κ2) is 9.86. The molecule has 2 rings (SSSR count). The largest absolute Gasteiger partial charge is 0.368 e. The van der Waals surface area contributed by atoms with Gasteiger partial charge in [-0.2, -0.15) is 11.8 Å². The van der Waals surface area contributed by atoms with Gasteiger partial charge in [0.1, 0.15) is 0 Å². The Kier molecular flexibility index (Phi) is 7.83. The molecule has 142 valence electrons. The Morgan fingerprint density at radius 2 is 2.04 bits per heavy atom. The first-order valence-corrected chi connectivity index (χ1v) is 10.0. The fourth-order valence-corrected chi connectivity index (χ4v) is 4.77. The van der Waals surface area contributed by atoms with Gasteiger partial charge in [0.15, 0.2) is 0 Å².